The van der Waals surface area contributed by atoms with Gasteiger partial charge in [0.1, 0.15) is 8.47 Å². The molecule has 43 heavy (non-hydrogen) atoms. The summed E-state index contributed by atoms with van der Waals surface area (Å²) >= 11 is 0.749. The average Bonchev–Trinajstić information content (AvgIpc) is 2.97. The lowest BCUT2D eigenvalue weighted by Crippen LogP contribution is -2.10. The fourth-order valence-corrected chi connectivity index (χ4v) is 9.10. The summed E-state index contributed by atoms with van der Waals surface area (Å²) in [7, 11) is -8.15. The van der Waals surface area contributed by atoms with Gasteiger partial charge >= 0.3 is 0 Å². The Morgan fingerprint density at radius 1 is 0.488 bits per heavy atom. The van der Waals surface area contributed by atoms with Gasteiger partial charge in [0.25, 0.3) is 0 Å². The molecule has 0 fully saturated rings. The van der Waals surface area contributed by atoms with Crippen LogP contribution < -0.4 is 0 Å². The highest BCUT2D eigenvalue weighted by molar-refractivity contribution is 8.28. The van der Waals surface area contributed by atoms with E-state index < -0.39 is 19.7 Å². The van der Waals surface area contributed by atoms with Gasteiger partial charge in [0.05, 0.1) is 9.79 Å². The van der Waals surface area contributed by atoms with Gasteiger partial charge in [0.15, 0.2) is 0 Å². The van der Waals surface area contributed by atoms with E-state index in [1.807, 2.05) is 48.5 Å². The van der Waals surface area contributed by atoms with Crippen LogP contribution in [0.25, 0.3) is 12.2 Å². The summed E-state index contributed by atoms with van der Waals surface area (Å²) < 4.78 is 56.1. The van der Waals surface area contributed by atoms with E-state index in [1.165, 1.54) is 24.3 Å². The standard InChI is InChI=1S/C36H38O4S3/c1-35(2,3)29-21-17-27(18-22-29)25-33(42(37,38)31-13-9-7-10-14-31)41-34(43(39,40)32-15-11-8-12-16-32)26-28-19-23-30(24-20-28)36(4,5)6/h7-26H,1-6H3. The smallest absolute Gasteiger partial charge is 0.212 e. The van der Waals surface area contributed by atoms with Crippen molar-refractivity contribution in [1.82, 2.24) is 0 Å². The predicted molar refractivity (Wildman–Crippen MR) is 181 cm³/mol. The summed E-state index contributed by atoms with van der Waals surface area (Å²) in [6.07, 6.45) is 3.10. The van der Waals surface area contributed by atoms with Crippen LogP contribution in [0, 0.1) is 0 Å². The van der Waals surface area contributed by atoms with Crippen LogP contribution in [0.15, 0.2) is 127 Å². The summed E-state index contributed by atoms with van der Waals surface area (Å²) in [6, 6.07) is 31.5. The van der Waals surface area contributed by atoms with Crippen LogP contribution in [-0.2, 0) is 30.5 Å². The number of hydrogen-bond donors (Lipinski definition) is 0. The second kappa shape index (κ2) is 12.7. The molecule has 4 aromatic carbocycles. The third-order valence-corrected chi connectivity index (χ3v) is 12.5. The molecule has 0 bridgehead atoms. The van der Waals surface area contributed by atoms with E-state index in [0.29, 0.717) is 11.1 Å². The molecule has 0 spiro atoms. The van der Waals surface area contributed by atoms with Gasteiger partial charge in [-0.1, -0.05) is 138 Å². The van der Waals surface area contributed by atoms with Crippen molar-refractivity contribution in [2.75, 3.05) is 0 Å². The summed E-state index contributed by atoms with van der Waals surface area (Å²) in [4.78, 5) is 0.178. The van der Waals surface area contributed by atoms with Gasteiger partial charge in [-0.05, 0) is 69.5 Å². The van der Waals surface area contributed by atoms with E-state index in [2.05, 4.69) is 41.5 Å². The minimum Gasteiger partial charge on any atom is -0.218 e. The number of benzene rings is 4. The maximum absolute atomic E-state index is 14.1. The van der Waals surface area contributed by atoms with Gasteiger partial charge in [-0.3, -0.25) is 0 Å². The first-order chi connectivity index (χ1) is 20.1. The van der Waals surface area contributed by atoms with E-state index >= 15 is 0 Å². The molecular formula is C36H38O4S3. The van der Waals surface area contributed by atoms with E-state index in [4.69, 9.17) is 0 Å². The van der Waals surface area contributed by atoms with Gasteiger partial charge in [-0.2, -0.15) is 0 Å². The Hall–Kier alpha value is -3.39. The van der Waals surface area contributed by atoms with Crippen LogP contribution in [0.5, 0.6) is 0 Å². The van der Waals surface area contributed by atoms with Crippen molar-refractivity contribution in [1.29, 1.82) is 0 Å². The largest absolute Gasteiger partial charge is 0.218 e. The van der Waals surface area contributed by atoms with Crippen LogP contribution in [0.1, 0.15) is 63.8 Å². The van der Waals surface area contributed by atoms with Gasteiger partial charge in [0, 0.05) is 0 Å². The molecule has 7 heteroatoms. The highest BCUT2D eigenvalue weighted by Gasteiger charge is 2.29. The molecule has 0 aliphatic rings. The van der Waals surface area contributed by atoms with E-state index in [0.717, 1.165) is 22.9 Å². The lowest BCUT2D eigenvalue weighted by molar-refractivity contribution is 0.590. The molecule has 0 heterocycles. The first-order valence-corrected chi connectivity index (χ1v) is 17.8. The molecule has 0 unspecified atom stereocenters. The third kappa shape index (κ3) is 7.96. The highest BCUT2D eigenvalue weighted by atomic mass is 32.3. The first kappa shape index (κ1) is 32.5. The minimum atomic E-state index is -4.07. The topological polar surface area (TPSA) is 68.3 Å². The van der Waals surface area contributed by atoms with Gasteiger partial charge in [-0.25, -0.2) is 16.8 Å². The van der Waals surface area contributed by atoms with Gasteiger partial charge in [0.2, 0.25) is 19.7 Å². The zero-order chi connectivity index (χ0) is 31.5. The number of thioether (sulfide) groups is 1. The van der Waals surface area contributed by atoms with Crippen molar-refractivity contribution in [3.63, 3.8) is 0 Å². The maximum Gasteiger partial charge on any atom is 0.212 e. The van der Waals surface area contributed by atoms with Gasteiger partial charge in [-0.15, -0.1) is 0 Å². The van der Waals surface area contributed by atoms with Crippen molar-refractivity contribution in [2.45, 2.75) is 62.2 Å². The normalized spacial score (nSPS) is 13.6. The molecule has 0 saturated heterocycles. The maximum atomic E-state index is 14.1. The highest BCUT2D eigenvalue weighted by Crippen LogP contribution is 2.41. The number of rotatable bonds is 8. The van der Waals surface area contributed by atoms with Crippen molar-refractivity contribution in [3.05, 3.63) is 140 Å². The second-order valence-corrected chi connectivity index (χ2v) is 17.8. The van der Waals surface area contributed by atoms with Crippen molar-refractivity contribution in [3.8, 4) is 0 Å². The monoisotopic (exact) mass is 630 g/mol. The quantitative estimate of drug-likeness (QED) is 0.194. The molecule has 0 aliphatic heterocycles. The van der Waals surface area contributed by atoms with Crippen LogP contribution in [0.2, 0.25) is 0 Å². The first-order valence-electron chi connectivity index (χ1n) is 14.0. The molecule has 0 amide bonds. The van der Waals surface area contributed by atoms with Crippen LogP contribution in [0.3, 0.4) is 0 Å². The lowest BCUT2D eigenvalue weighted by atomic mass is 9.87. The third-order valence-electron chi connectivity index (χ3n) is 6.96. The Kier molecular flexibility index (Phi) is 9.60. The molecule has 4 aromatic rings. The minimum absolute atomic E-state index is 0.0713. The van der Waals surface area contributed by atoms with E-state index in [-0.39, 0.29) is 29.1 Å². The average molecular weight is 631 g/mol. The molecule has 0 aliphatic carbocycles. The second-order valence-electron chi connectivity index (χ2n) is 12.4. The zero-order valence-corrected chi connectivity index (χ0v) is 27.9. The number of hydrogen-bond acceptors (Lipinski definition) is 5. The summed E-state index contributed by atoms with van der Waals surface area (Å²) in [5.74, 6) is 0. The summed E-state index contributed by atoms with van der Waals surface area (Å²) in [5, 5.41) is 0. The molecule has 224 valence electrons. The molecular weight excluding hydrogens is 593 g/mol. The van der Waals surface area contributed by atoms with Crippen LogP contribution >= 0.6 is 11.8 Å². The molecule has 0 aromatic heterocycles. The SMILES string of the molecule is CC(C)(C)c1ccc(C=C(SC(=Cc2ccc(C(C)(C)C)cc2)S(=O)(=O)c2ccccc2)S(=O)(=O)c2ccccc2)cc1. The zero-order valence-electron chi connectivity index (χ0n) is 25.4. The number of sulfone groups is 2. The van der Waals surface area contributed by atoms with Crippen molar-refractivity contribution >= 4 is 43.6 Å². The summed E-state index contributed by atoms with van der Waals surface area (Å²) in [6.45, 7) is 12.7. The molecule has 0 saturated carbocycles. The van der Waals surface area contributed by atoms with Crippen molar-refractivity contribution in [2.24, 2.45) is 0 Å². The fraction of sp³-hybridized carbons (Fsp3) is 0.222. The Bertz CT molecular complexity index is 1680. The Balaban J connectivity index is 1.90. The molecule has 4 nitrogen and oxygen atoms in total. The van der Waals surface area contributed by atoms with Crippen LogP contribution in [0.4, 0.5) is 0 Å². The summed E-state index contributed by atoms with van der Waals surface area (Å²) in [5.41, 5.74) is 3.38. The van der Waals surface area contributed by atoms with E-state index in [9.17, 15) is 16.8 Å². The van der Waals surface area contributed by atoms with E-state index in [1.54, 1.807) is 48.6 Å². The predicted octanol–water partition coefficient (Wildman–Crippen LogP) is 9.26. The molecule has 0 N–H and O–H groups in total. The fourth-order valence-electron chi connectivity index (χ4n) is 4.29. The van der Waals surface area contributed by atoms with Crippen LogP contribution in [-0.4, -0.2) is 16.8 Å². The Morgan fingerprint density at radius 3 is 1.07 bits per heavy atom. The Morgan fingerprint density at radius 2 is 0.791 bits per heavy atom. The van der Waals surface area contributed by atoms with Crippen molar-refractivity contribution < 1.29 is 16.8 Å². The molecule has 0 radical (unpaired) electrons. The Labute approximate surface area is 261 Å². The lowest BCUT2D eigenvalue weighted by Gasteiger charge is -2.19. The molecule has 4 rings (SSSR count). The molecule has 0 atom stereocenters. The van der Waals surface area contributed by atoms with Gasteiger partial charge < -0.3 is 0 Å².